The molecule has 1 aromatic rings. The van der Waals surface area contributed by atoms with Crippen LogP contribution in [0.1, 0.15) is 69.4 Å². The molecule has 0 radical (unpaired) electrons. The fourth-order valence-electron chi connectivity index (χ4n) is 4.33. The molecule has 1 saturated heterocycles. The molecular formula is C24H40IN5O. The SMILES string of the molecule is CCNC(=NCc1ccc(CN2CCCCC2)cc1)NCC(=O)NC1CCCCC1.I. The fourth-order valence-corrected chi connectivity index (χ4v) is 4.33. The molecule has 6 nitrogen and oxygen atoms in total. The monoisotopic (exact) mass is 541 g/mol. The van der Waals surface area contributed by atoms with E-state index in [-0.39, 0.29) is 36.4 Å². The van der Waals surface area contributed by atoms with Gasteiger partial charge in [-0.3, -0.25) is 9.69 Å². The molecule has 1 aliphatic heterocycles. The molecule has 0 bridgehead atoms. The fraction of sp³-hybridized carbons (Fsp3) is 0.667. The number of hydrogen-bond acceptors (Lipinski definition) is 3. The van der Waals surface area contributed by atoms with Crippen LogP contribution in [0, 0.1) is 0 Å². The number of carbonyl (C=O) groups excluding carboxylic acids is 1. The molecule has 0 spiro atoms. The van der Waals surface area contributed by atoms with Crippen molar-refractivity contribution in [2.45, 2.75) is 77.4 Å². The Bertz CT molecular complexity index is 667. The standard InChI is InChI=1S/C24H39N5O.HI/c1-2-25-24(27-18-23(30)28-22-9-5-3-6-10-22)26-17-20-11-13-21(14-12-20)19-29-15-7-4-8-16-29;/h11-14,22H,2-10,15-19H2,1H3,(H,28,30)(H2,25,26,27);1H. The lowest BCUT2D eigenvalue weighted by molar-refractivity contribution is -0.120. The first kappa shape index (κ1) is 25.9. The Kier molecular flexibility index (Phi) is 12.3. The molecule has 7 heteroatoms. The van der Waals surface area contributed by atoms with Gasteiger partial charge in [-0.1, -0.05) is 49.9 Å². The Hall–Kier alpha value is -1.35. The van der Waals surface area contributed by atoms with Crippen LogP contribution in [0.4, 0.5) is 0 Å². The van der Waals surface area contributed by atoms with E-state index in [2.05, 4.69) is 50.1 Å². The molecule has 2 aliphatic rings. The molecule has 174 valence electrons. The van der Waals surface area contributed by atoms with Gasteiger partial charge in [-0.25, -0.2) is 4.99 Å². The molecule has 0 aromatic heterocycles. The van der Waals surface area contributed by atoms with Crippen molar-refractivity contribution in [3.63, 3.8) is 0 Å². The largest absolute Gasteiger partial charge is 0.357 e. The molecule has 0 unspecified atom stereocenters. The summed E-state index contributed by atoms with van der Waals surface area (Å²) in [5.74, 6) is 0.739. The topological polar surface area (TPSA) is 68.8 Å². The highest BCUT2D eigenvalue weighted by molar-refractivity contribution is 14.0. The number of carbonyl (C=O) groups is 1. The highest BCUT2D eigenvalue weighted by Gasteiger charge is 2.15. The summed E-state index contributed by atoms with van der Waals surface area (Å²) >= 11 is 0. The number of piperidine rings is 1. The maximum atomic E-state index is 12.2. The zero-order chi connectivity index (χ0) is 21.0. The smallest absolute Gasteiger partial charge is 0.239 e. The lowest BCUT2D eigenvalue weighted by Crippen LogP contribution is -2.46. The number of amides is 1. The highest BCUT2D eigenvalue weighted by Crippen LogP contribution is 2.17. The van der Waals surface area contributed by atoms with Crippen LogP contribution in [0.3, 0.4) is 0 Å². The van der Waals surface area contributed by atoms with Gasteiger partial charge in [-0.2, -0.15) is 0 Å². The van der Waals surface area contributed by atoms with E-state index >= 15 is 0 Å². The maximum Gasteiger partial charge on any atom is 0.239 e. The van der Waals surface area contributed by atoms with Gasteiger partial charge in [0, 0.05) is 19.1 Å². The number of hydrogen-bond donors (Lipinski definition) is 3. The molecule has 1 aliphatic carbocycles. The molecular weight excluding hydrogens is 501 g/mol. The Morgan fingerprint density at radius 1 is 0.968 bits per heavy atom. The summed E-state index contributed by atoms with van der Waals surface area (Å²) in [5.41, 5.74) is 2.55. The van der Waals surface area contributed by atoms with E-state index in [0.29, 0.717) is 18.5 Å². The van der Waals surface area contributed by atoms with Crippen LogP contribution in [0.2, 0.25) is 0 Å². The Morgan fingerprint density at radius 3 is 2.29 bits per heavy atom. The number of rotatable bonds is 8. The zero-order valence-electron chi connectivity index (χ0n) is 19.0. The lowest BCUT2D eigenvalue weighted by Gasteiger charge is -2.26. The van der Waals surface area contributed by atoms with Crippen LogP contribution in [-0.4, -0.2) is 49.0 Å². The molecule has 3 rings (SSSR count). The second-order valence-electron chi connectivity index (χ2n) is 8.60. The van der Waals surface area contributed by atoms with E-state index in [1.807, 2.05) is 6.92 Å². The Labute approximate surface area is 205 Å². The normalized spacial score (nSPS) is 18.2. The molecule has 1 aromatic carbocycles. The van der Waals surface area contributed by atoms with Gasteiger partial charge in [0.25, 0.3) is 0 Å². The van der Waals surface area contributed by atoms with Crippen LogP contribution in [-0.2, 0) is 17.9 Å². The average molecular weight is 542 g/mol. The predicted molar refractivity (Wildman–Crippen MR) is 139 cm³/mol. The Morgan fingerprint density at radius 2 is 1.61 bits per heavy atom. The summed E-state index contributed by atoms with van der Waals surface area (Å²) in [7, 11) is 0. The van der Waals surface area contributed by atoms with E-state index in [1.54, 1.807) is 0 Å². The van der Waals surface area contributed by atoms with Gasteiger partial charge in [0.05, 0.1) is 13.1 Å². The van der Waals surface area contributed by atoms with Crippen molar-refractivity contribution in [2.24, 2.45) is 4.99 Å². The summed E-state index contributed by atoms with van der Waals surface area (Å²) in [6, 6.07) is 9.12. The third kappa shape index (κ3) is 9.76. The first-order chi connectivity index (χ1) is 14.7. The average Bonchev–Trinajstić information content (AvgIpc) is 2.78. The van der Waals surface area contributed by atoms with Gasteiger partial charge in [0.2, 0.25) is 5.91 Å². The van der Waals surface area contributed by atoms with Crippen LogP contribution in [0.5, 0.6) is 0 Å². The van der Waals surface area contributed by atoms with Crippen molar-refractivity contribution in [1.29, 1.82) is 0 Å². The van der Waals surface area contributed by atoms with Gasteiger partial charge < -0.3 is 16.0 Å². The van der Waals surface area contributed by atoms with Crippen LogP contribution in [0.25, 0.3) is 0 Å². The van der Waals surface area contributed by atoms with Crippen molar-refractivity contribution in [3.05, 3.63) is 35.4 Å². The molecule has 1 heterocycles. The minimum absolute atomic E-state index is 0. The molecule has 31 heavy (non-hydrogen) atoms. The van der Waals surface area contributed by atoms with Crippen molar-refractivity contribution in [1.82, 2.24) is 20.9 Å². The summed E-state index contributed by atoms with van der Waals surface area (Å²) in [6.07, 6.45) is 9.97. The quantitative estimate of drug-likeness (QED) is 0.266. The number of likely N-dealkylation sites (tertiary alicyclic amines) is 1. The van der Waals surface area contributed by atoms with Crippen molar-refractivity contribution in [2.75, 3.05) is 26.2 Å². The molecule has 1 saturated carbocycles. The van der Waals surface area contributed by atoms with Gasteiger partial charge in [-0.05, 0) is 56.8 Å². The second kappa shape index (κ2) is 14.7. The number of guanidine groups is 1. The first-order valence-corrected chi connectivity index (χ1v) is 11.8. The maximum absolute atomic E-state index is 12.2. The predicted octanol–water partition coefficient (Wildman–Crippen LogP) is 3.79. The van der Waals surface area contributed by atoms with Crippen molar-refractivity contribution >= 4 is 35.8 Å². The van der Waals surface area contributed by atoms with Crippen molar-refractivity contribution in [3.8, 4) is 0 Å². The second-order valence-corrected chi connectivity index (χ2v) is 8.60. The third-order valence-electron chi connectivity index (χ3n) is 6.03. The van der Waals surface area contributed by atoms with E-state index < -0.39 is 0 Å². The summed E-state index contributed by atoms with van der Waals surface area (Å²) in [5, 5.41) is 9.54. The number of aliphatic imine (C=N–C) groups is 1. The highest BCUT2D eigenvalue weighted by atomic mass is 127. The molecule has 3 N–H and O–H groups in total. The molecule has 1 amide bonds. The van der Waals surface area contributed by atoms with Crippen LogP contribution >= 0.6 is 24.0 Å². The van der Waals surface area contributed by atoms with Crippen LogP contribution < -0.4 is 16.0 Å². The number of nitrogens with one attached hydrogen (secondary N) is 3. The van der Waals surface area contributed by atoms with Gasteiger partial charge in [0.1, 0.15) is 0 Å². The minimum atomic E-state index is 0. The first-order valence-electron chi connectivity index (χ1n) is 11.8. The number of nitrogens with zero attached hydrogens (tertiary/aromatic N) is 2. The minimum Gasteiger partial charge on any atom is -0.357 e. The third-order valence-corrected chi connectivity index (χ3v) is 6.03. The van der Waals surface area contributed by atoms with Gasteiger partial charge >= 0.3 is 0 Å². The number of benzene rings is 1. The summed E-state index contributed by atoms with van der Waals surface area (Å²) < 4.78 is 0. The van der Waals surface area contributed by atoms with Gasteiger partial charge in [0.15, 0.2) is 5.96 Å². The zero-order valence-corrected chi connectivity index (χ0v) is 21.3. The van der Waals surface area contributed by atoms with E-state index in [4.69, 9.17) is 0 Å². The van der Waals surface area contributed by atoms with Crippen LogP contribution in [0.15, 0.2) is 29.3 Å². The molecule has 0 atom stereocenters. The Balaban J connectivity index is 0.00000341. The summed E-state index contributed by atoms with van der Waals surface area (Å²) in [4.78, 5) is 19.4. The van der Waals surface area contributed by atoms with E-state index in [1.165, 1.54) is 62.7 Å². The van der Waals surface area contributed by atoms with Gasteiger partial charge in [-0.15, -0.1) is 24.0 Å². The summed E-state index contributed by atoms with van der Waals surface area (Å²) in [6.45, 7) is 7.15. The van der Waals surface area contributed by atoms with E-state index in [9.17, 15) is 4.79 Å². The molecule has 2 fully saturated rings. The van der Waals surface area contributed by atoms with E-state index in [0.717, 1.165) is 25.9 Å². The van der Waals surface area contributed by atoms with Crippen molar-refractivity contribution < 1.29 is 4.79 Å². The lowest BCUT2D eigenvalue weighted by atomic mass is 9.95. The number of halogens is 1.